The van der Waals surface area contributed by atoms with Crippen molar-refractivity contribution in [2.45, 2.75) is 46.2 Å². The second-order valence-electron chi connectivity index (χ2n) is 4.60. The Morgan fingerprint density at radius 1 is 1.30 bits per heavy atom. The Morgan fingerprint density at radius 2 is 1.90 bits per heavy atom. The van der Waals surface area contributed by atoms with E-state index >= 15 is 0 Å². The first-order valence-corrected chi connectivity index (χ1v) is 7.07. The van der Waals surface area contributed by atoms with Crippen molar-refractivity contribution in [3.8, 4) is 11.8 Å². The second kappa shape index (κ2) is 6.83. The highest BCUT2D eigenvalue weighted by Crippen LogP contribution is 2.42. The maximum atomic E-state index is 11.3. The minimum Gasteiger partial charge on any atom is -0.454 e. The highest BCUT2D eigenvalue weighted by Gasteiger charge is 2.56. The van der Waals surface area contributed by atoms with Gasteiger partial charge < -0.3 is 14.2 Å². The third-order valence-electron chi connectivity index (χ3n) is 3.02. The number of carbonyl (C=O) groups excluding carboxylic acids is 2. The van der Waals surface area contributed by atoms with Gasteiger partial charge >= 0.3 is 11.9 Å². The maximum absolute atomic E-state index is 11.3. The first kappa shape index (κ1) is 16.6. The molecule has 1 aliphatic rings. The Morgan fingerprint density at radius 3 is 2.35 bits per heavy atom. The van der Waals surface area contributed by atoms with Crippen LogP contribution in [0.15, 0.2) is 0 Å². The largest absolute Gasteiger partial charge is 0.454 e. The van der Waals surface area contributed by atoms with Crippen LogP contribution in [0.1, 0.15) is 27.7 Å². The molecule has 0 spiro atoms. The normalized spacial score (nSPS) is 32.3. The fourth-order valence-corrected chi connectivity index (χ4v) is 2.77. The Balaban J connectivity index is 3.14. The number of hydrogen-bond donors (Lipinski definition) is 0. The van der Waals surface area contributed by atoms with Gasteiger partial charge in [-0.2, -0.15) is 0 Å². The third kappa shape index (κ3) is 3.56. The van der Waals surface area contributed by atoms with Crippen molar-refractivity contribution in [1.29, 1.82) is 0 Å². The monoisotopic (exact) mass is 300 g/mol. The molecule has 110 valence electrons. The molecule has 1 aliphatic heterocycles. The molecule has 1 unspecified atom stereocenters. The average molecular weight is 300 g/mol. The lowest BCUT2D eigenvalue weighted by atomic mass is 9.81. The Bertz CT molecular complexity index is 465. The molecule has 0 aromatic heterocycles. The Labute approximate surface area is 119 Å². The predicted molar refractivity (Wildman–Crippen MR) is 70.0 cm³/mol. The lowest BCUT2D eigenvalue weighted by Crippen LogP contribution is -2.42. The molecule has 20 heavy (non-hydrogen) atoms. The zero-order chi connectivity index (χ0) is 15.3. The fourth-order valence-electron chi connectivity index (χ4n) is 2.17. The molecular weight excluding hydrogens is 283 g/mol. The summed E-state index contributed by atoms with van der Waals surface area (Å²) in [6.07, 6.45) is -2.30. The fraction of sp³-hybridized carbons (Fsp3) is 0.692. The molecule has 0 radical (unpaired) electrons. The molecule has 0 N–H and O–H groups in total. The molecule has 6 nitrogen and oxygen atoms in total. The van der Waals surface area contributed by atoms with Crippen LogP contribution in [0.4, 0.5) is 0 Å². The average Bonchev–Trinajstić information content (AvgIpc) is 2.55. The van der Waals surface area contributed by atoms with Gasteiger partial charge in [-0.15, -0.1) is 5.92 Å². The molecule has 0 aromatic carbocycles. The lowest BCUT2D eigenvalue weighted by molar-refractivity contribution is -0.193. The molecule has 0 amide bonds. The van der Waals surface area contributed by atoms with Crippen LogP contribution in [0.2, 0.25) is 0 Å². The van der Waals surface area contributed by atoms with Crippen LogP contribution in [0.5, 0.6) is 0 Å². The van der Waals surface area contributed by atoms with Gasteiger partial charge in [-0.3, -0.25) is 14.2 Å². The number of rotatable bonds is 4. The number of esters is 2. The maximum Gasteiger partial charge on any atom is 0.305 e. The van der Waals surface area contributed by atoms with Gasteiger partial charge in [0.1, 0.15) is 0 Å². The van der Waals surface area contributed by atoms with Crippen molar-refractivity contribution >= 4 is 20.4 Å². The van der Waals surface area contributed by atoms with Crippen molar-refractivity contribution < 1.29 is 28.4 Å². The second-order valence-corrected chi connectivity index (χ2v) is 5.23. The van der Waals surface area contributed by atoms with E-state index in [1.54, 1.807) is 13.8 Å². The van der Waals surface area contributed by atoms with Gasteiger partial charge in [0.15, 0.2) is 14.6 Å². The van der Waals surface area contributed by atoms with Gasteiger partial charge in [0.2, 0.25) is 6.29 Å². The van der Waals surface area contributed by atoms with E-state index in [-0.39, 0.29) is 14.6 Å². The number of hydrogen-bond acceptors (Lipinski definition) is 6. The van der Waals surface area contributed by atoms with Crippen molar-refractivity contribution in [2.75, 3.05) is 6.16 Å². The quantitative estimate of drug-likeness (QED) is 0.445. The summed E-state index contributed by atoms with van der Waals surface area (Å²) < 4.78 is 26.7. The van der Waals surface area contributed by atoms with E-state index in [4.69, 9.17) is 14.2 Å². The number of carbonyl (C=O) groups is 2. The molecule has 7 heteroatoms. The summed E-state index contributed by atoms with van der Waals surface area (Å²) in [6, 6.07) is 0. The zero-order valence-corrected chi connectivity index (χ0v) is 12.7. The molecule has 0 aromatic rings. The Hall–Kier alpha value is -1.44. The first-order chi connectivity index (χ1) is 9.35. The van der Waals surface area contributed by atoms with Gasteiger partial charge in [0.25, 0.3) is 0 Å². The van der Waals surface area contributed by atoms with Gasteiger partial charge in [0.05, 0.1) is 17.7 Å². The minimum atomic E-state index is -1.05. The molecule has 1 rings (SSSR count). The molecule has 4 atom stereocenters. The highest BCUT2D eigenvalue weighted by molar-refractivity contribution is 7.23. The van der Waals surface area contributed by atoms with E-state index < -0.39 is 35.9 Å². The summed E-state index contributed by atoms with van der Waals surface area (Å²) in [7, 11) is -0.122. The van der Waals surface area contributed by atoms with Crippen molar-refractivity contribution in [1.82, 2.24) is 0 Å². The van der Waals surface area contributed by atoms with Gasteiger partial charge in [-0.1, -0.05) is 5.92 Å². The zero-order valence-electron chi connectivity index (χ0n) is 11.8. The van der Waals surface area contributed by atoms with E-state index in [1.807, 2.05) is 0 Å². The van der Waals surface area contributed by atoms with Crippen molar-refractivity contribution in [3.63, 3.8) is 0 Å². The summed E-state index contributed by atoms with van der Waals surface area (Å²) in [6.45, 7) is 5.86. The summed E-state index contributed by atoms with van der Waals surface area (Å²) in [5.74, 6) is 4.59. The van der Waals surface area contributed by atoms with Crippen LogP contribution >= 0.6 is 8.46 Å². The molecule has 0 bridgehead atoms. The van der Waals surface area contributed by atoms with Gasteiger partial charge in [-0.05, 0) is 13.8 Å². The van der Waals surface area contributed by atoms with E-state index in [0.29, 0.717) is 0 Å². The van der Waals surface area contributed by atoms with E-state index in [1.165, 1.54) is 13.8 Å². The lowest BCUT2D eigenvalue weighted by Gasteiger charge is -2.28. The third-order valence-corrected chi connectivity index (χ3v) is 3.50. The summed E-state index contributed by atoms with van der Waals surface area (Å²) in [4.78, 5) is 22.4. The van der Waals surface area contributed by atoms with Gasteiger partial charge in [0, 0.05) is 13.8 Å². The molecular formula is C13H17O6P. The van der Waals surface area contributed by atoms with Gasteiger partial charge in [-0.25, -0.2) is 0 Å². The SMILES string of the molecule is CC#C[C@@]1(C)[C@@H](CP=O)OC(OC(C)=O)[C@@H]1OC(C)=O. The van der Waals surface area contributed by atoms with E-state index in [0.717, 1.165) is 0 Å². The Kier molecular flexibility index (Phi) is 5.67. The summed E-state index contributed by atoms with van der Waals surface area (Å²) in [5, 5.41) is 0. The van der Waals surface area contributed by atoms with E-state index in [2.05, 4.69) is 11.8 Å². The number of ether oxygens (including phenoxy) is 3. The van der Waals surface area contributed by atoms with Crippen molar-refractivity contribution in [3.05, 3.63) is 0 Å². The highest BCUT2D eigenvalue weighted by atomic mass is 31.1. The van der Waals surface area contributed by atoms with Crippen LogP contribution in [0, 0.1) is 17.3 Å². The first-order valence-electron chi connectivity index (χ1n) is 6.08. The molecule has 1 saturated heterocycles. The van der Waals surface area contributed by atoms with Crippen LogP contribution in [-0.2, 0) is 28.4 Å². The summed E-state index contributed by atoms with van der Waals surface area (Å²) in [5.41, 5.74) is -0.891. The van der Waals surface area contributed by atoms with Crippen LogP contribution in [-0.4, -0.2) is 36.6 Å². The predicted octanol–water partition coefficient (Wildman–Crippen LogP) is 1.53. The summed E-state index contributed by atoms with van der Waals surface area (Å²) >= 11 is 0. The minimum absolute atomic E-state index is 0.122. The van der Waals surface area contributed by atoms with Crippen LogP contribution < -0.4 is 0 Å². The standard InChI is InChI=1S/C13H17O6P/c1-5-6-13(4)10(7-20-16)19-12(18-9(3)15)11(13)17-8(2)14/h10-12H,7H2,1-4H3/t10-,11+,12?,13+/m1/s1. The molecule has 0 aliphatic carbocycles. The molecule has 1 heterocycles. The molecule has 0 saturated carbocycles. The van der Waals surface area contributed by atoms with Crippen molar-refractivity contribution in [2.24, 2.45) is 5.41 Å². The van der Waals surface area contributed by atoms with Crippen LogP contribution in [0.25, 0.3) is 0 Å². The smallest absolute Gasteiger partial charge is 0.305 e. The van der Waals surface area contributed by atoms with E-state index in [9.17, 15) is 14.2 Å². The van der Waals surface area contributed by atoms with Crippen LogP contribution in [0.3, 0.4) is 0 Å². The molecule has 1 fully saturated rings. The topological polar surface area (TPSA) is 78.9 Å².